The van der Waals surface area contributed by atoms with E-state index in [1.165, 1.54) is 11.4 Å². The highest BCUT2D eigenvalue weighted by atomic mass is 32.1. The average Bonchev–Trinajstić information content (AvgIpc) is 3.16. The van der Waals surface area contributed by atoms with E-state index in [9.17, 15) is 22.8 Å². The Morgan fingerprint density at radius 2 is 1.76 bits per heavy atom. The lowest BCUT2D eigenvalue weighted by Crippen LogP contribution is -2.49. The van der Waals surface area contributed by atoms with Crippen LogP contribution in [0.25, 0.3) is 22.3 Å². The second-order valence-corrected chi connectivity index (χ2v) is 9.28. The van der Waals surface area contributed by atoms with E-state index in [-0.39, 0.29) is 16.3 Å². The standard InChI is InChI=1S/C26H23F3N2O2S/c1-3-4-16-12-31(13-16)25(33)18-7-5-17(6-8-18)19-9-10-20(22(11-19)26(27,28)29)21-14-34-23(15(21)2)24(30)32/h3,5-11,14,16H,1,4,12-13H2,2H3,(H2,30,32). The topological polar surface area (TPSA) is 63.4 Å². The molecule has 1 aliphatic heterocycles. The first-order valence-electron chi connectivity index (χ1n) is 10.7. The van der Waals surface area contributed by atoms with E-state index in [4.69, 9.17) is 5.73 Å². The van der Waals surface area contributed by atoms with Gasteiger partial charge in [0, 0.05) is 18.7 Å². The van der Waals surface area contributed by atoms with Gasteiger partial charge in [-0.1, -0.05) is 30.3 Å². The molecule has 2 amide bonds. The molecule has 1 aromatic heterocycles. The number of rotatable bonds is 6. The van der Waals surface area contributed by atoms with Crippen LogP contribution in [0.3, 0.4) is 0 Å². The molecule has 34 heavy (non-hydrogen) atoms. The lowest BCUT2D eigenvalue weighted by atomic mass is 9.93. The maximum absolute atomic E-state index is 14.0. The van der Waals surface area contributed by atoms with Crippen LogP contribution in [-0.2, 0) is 6.18 Å². The normalized spacial score (nSPS) is 14.1. The molecule has 1 fully saturated rings. The van der Waals surface area contributed by atoms with E-state index in [0.717, 1.165) is 23.8 Å². The number of benzene rings is 2. The smallest absolute Gasteiger partial charge is 0.365 e. The number of primary amides is 1. The molecule has 0 aliphatic carbocycles. The number of nitrogens with zero attached hydrogens (tertiary/aromatic N) is 1. The molecule has 0 spiro atoms. The fourth-order valence-corrected chi connectivity index (χ4v) is 5.17. The minimum absolute atomic E-state index is 0.00356. The van der Waals surface area contributed by atoms with Gasteiger partial charge in [-0.05, 0) is 70.7 Å². The zero-order valence-electron chi connectivity index (χ0n) is 18.5. The summed E-state index contributed by atoms with van der Waals surface area (Å²) in [6.45, 7) is 6.67. The molecule has 0 saturated carbocycles. The van der Waals surface area contributed by atoms with Crippen molar-refractivity contribution in [2.24, 2.45) is 11.7 Å². The highest BCUT2D eigenvalue weighted by Crippen LogP contribution is 2.42. The van der Waals surface area contributed by atoms with Crippen LogP contribution in [0.4, 0.5) is 13.2 Å². The Bertz CT molecular complexity index is 1260. The van der Waals surface area contributed by atoms with Crippen molar-refractivity contribution in [2.45, 2.75) is 19.5 Å². The summed E-state index contributed by atoms with van der Waals surface area (Å²) in [5.74, 6) is -0.314. The number of likely N-dealkylation sites (tertiary alicyclic amines) is 1. The molecule has 2 heterocycles. The van der Waals surface area contributed by atoms with Crippen molar-refractivity contribution in [3.8, 4) is 22.3 Å². The maximum Gasteiger partial charge on any atom is 0.417 e. The third-order valence-electron chi connectivity index (χ3n) is 6.09. The van der Waals surface area contributed by atoms with Crippen molar-refractivity contribution >= 4 is 23.2 Å². The lowest BCUT2D eigenvalue weighted by Gasteiger charge is -2.39. The summed E-state index contributed by atoms with van der Waals surface area (Å²) < 4.78 is 41.9. The number of allylic oxidation sites excluding steroid dienone is 1. The van der Waals surface area contributed by atoms with Gasteiger partial charge in [0.25, 0.3) is 11.8 Å². The van der Waals surface area contributed by atoms with Crippen LogP contribution in [0.2, 0.25) is 0 Å². The predicted molar refractivity (Wildman–Crippen MR) is 128 cm³/mol. The molecule has 0 unspecified atom stereocenters. The van der Waals surface area contributed by atoms with Gasteiger partial charge in [0.1, 0.15) is 0 Å². The van der Waals surface area contributed by atoms with E-state index in [2.05, 4.69) is 6.58 Å². The molecule has 4 nitrogen and oxygen atoms in total. The number of carbonyl (C=O) groups excluding carboxylic acids is 2. The number of nitrogens with two attached hydrogens (primary N) is 1. The fourth-order valence-electron chi connectivity index (χ4n) is 4.23. The Morgan fingerprint density at radius 1 is 1.12 bits per heavy atom. The van der Waals surface area contributed by atoms with E-state index in [0.29, 0.717) is 46.8 Å². The number of amides is 2. The molecule has 2 aromatic carbocycles. The van der Waals surface area contributed by atoms with Crippen molar-refractivity contribution in [3.63, 3.8) is 0 Å². The van der Waals surface area contributed by atoms with Gasteiger partial charge < -0.3 is 10.6 Å². The van der Waals surface area contributed by atoms with Crippen molar-refractivity contribution in [3.05, 3.63) is 82.1 Å². The van der Waals surface area contributed by atoms with E-state index in [1.54, 1.807) is 42.2 Å². The molecule has 0 radical (unpaired) electrons. The van der Waals surface area contributed by atoms with E-state index >= 15 is 0 Å². The minimum atomic E-state index is -4.60. The van der Waals surface area contributed by atoms with E-state index < -0.39 is 17.6 Å². The second-order valence-electron chi connectivity index (χ2n) is 8.40. The number of thiophene rings is 1. The molecule has 0 atom stereocenters. The predicted octanol–water partition coefficient (Wildman–Crippen LogP) is 6.16. The van der Waals surface area contributed by atoms with Gasteiger partial charge in [0.15, 0.2) is 0 Å². The summed E-state index contributed by atoms with van der Waals surface area (Å²) in [4.78, 5) is 26.2. The number of alkyl halides is 3. The SMILES string of the molecule is C=CCC1CN(C(=O)c2ccc(-c3ccc(-c4csc(C(N)=O)c4C)c(C(F)(F)F)c3)cc2)C1. The van der Waals surface area contributed by atoms with Crippen LogP contribution in [0.1, 0.15) is 37.6 Å². The molecule has 176 valence electrons. The first-order valence-corrected chi connectivity index (χ1v) is 11.6. The lowest BCUT2D eigenvalue weighted by molar-refractivity contribution is -0.137. The Morgan fingerprint density at radius 3 is 2.32 bits per heavy atom. The van der Waals surface area contributed by atoms with Crippen molar-refractivity contribution in [2.75, 3.05) is 13.1 Å². The monoisotopic (exact) mass is 484 g/mol. The Balaban J connectivity index is 1.62. The molecule has 8 heteroatoms. The van der Waals surface area contributed by atoms with Gasteiger partial charge >= 0.3 is 6.18 Å². The van der Waals surface area contributed by atoms with Gasteiger partial charge in [-0.15, -0.1) is 17.9 Å². The van der Waals surface area contributed by atoms with E-state index in [1.807, 2.05) is 6.08 Å². The van der Waals surface area contributed by atoms with Gasteiger partial charge in [-0.25, -0.2) is 0 Å². The zero-order valence-corrected chi connectivity index (χ0v) is 19.3. The summed E-state index contributed by atoms with van der Waals surface area (Å²) in [5, 5.41) is 1.52. The third kappa shape index (κ3) is 4.50. The van der Waals surface area contributed by atoms with Crippen molar-refractivity contribution < 1.29 is 22.8 Å². The second kappa shape index (κ2) is 9.10. The number of hydrogen-bond donors (Lipinski definition) is 1. The summed E-state index contributed by atoms with van der Waals surface area (Å²) in [7, 11) is 0. The molecule has 1 aliphatic rings. The Labute approximate surface area is 199 Å². The van der Waals surface area contributed by atoms with Crippen LogP contribution >= 0.6 is 11.3 Å². The fraction of sp³-hybridized carbons (Fsp3) is 0.231. The first kappa shape index (κ1) is 23.8. The Hall–Kier alpha value is -3.39. The van der Waals surface area contributed by atoms with Crippen LogP contribution in [0.5, 0.6) is 0 Å². The van der Waals surface area contributed by atoms with Gasteiger partial charge in [0.2, 0.25) is 0 Å². The highest BCUT2D eigenvalue weighted by molar-refractivity contribution is 7.12. The molecule has 0 bridgehead atoms. The van der Waals surface area contributed by atoms with Crippen LogP contribution < -0.4 is 5.73 Å². The maximum atomic E-state index is 14.0. The number of halogens is 3. The molecular weight excluding hydrogens is 461 g/mol. The quantitative estimate of drug-likeness (QED) is 0.426. The van der Waals surface area contributed by atoms with Crippen molar-refractivity contribution in [1.82, 2.24) is 4.90 Å². The third-order valence-corrected chi connectivity index (χ3v) is 7.18. The highest BCUT2D eigenvalue weighted by Gasteiger charge is 2.35. The summed E-state index contributed by atoms with van der Waals surface area (Å²) >= 11 is 1.03. The zero-order chi connectivity index (χ0) is 24.6. The molecule has 4 rings (SSSR count). The summed E-state index contributed by atoms with van der Waals surface area (Å²) in [5.41, 5.74) is 6.76. The minimum Gasteiger partial charge on any atom is -0.365 e. The Kier molecular flexibility index (Phi) is 6.36. The largest absolute Gasteiger partial charge is 0.417 e. The average molecular weight is 485 g/mol. The first-order chi connectivity index (χ1) is 16.1. The molecule has 2 N–H and O–H groups in total. The van der Waals surface area contributed by atoms with Gasteiger partial charge in [-0.3, -0.25) is 9.59 Å². The number of carbonyl (C=O) groups is 2. The van der Waals surface area contributed by atoms with Gasteiger partial charge in [-0.2, -0.15) is 13.2 Å². The molecule has 1 saturated heterocycles. The summed E-state index contributed by atoms with van der Waals surface area (Å²) in [6, 6.07) is 10.7. The van der Waals surface area contributed by atoms with Crippen LogP contribution in [-0.4, -0.2) is 29.8 Å². The van der Waals surface area contributed by atoms with Crippen molar-refractivity contribution in [1.29, 1.82) is 0 Å². The number of hydrogen-bond acceptors (Lipinski definition) is 3. The van der Waals surface area contributed by atoms with Crippen LogP contribution in [0, 0.1) is 12.8 Å². The molecule has 3 aromatic rings. The van der Waals surface area contributed by atoms with Crippen LogP contribution in [0.15, 0.2) is 60.5 Å². The molecular formula is C26H23F3N2O2S. The summed E-state index contributed by atoms with van der Waals surface area (Å²) in [6.07, 6.45) is -1.88. The van der Waals surface area contributed by atoms with Gasteiger partial charge in [0.05, 0.1) is 10.4 Å².